The molecule has 0 aromatic heterocycles. The van der Waals surface area contributed by atoms with Gasteiger partial charge in [0.2, 0.25) is 5.60 Å². The van der Waals surface area contributed by atoms with Crippen molar-refractivity contribution in [2.24, 2.45) is 5.73 Å². The van der Waals surface area contributed by atoms with E-state index in [1.807, 2.05) is 0 Å². The smallest absolute Gasteiger partial charge is 0.398 e. The van der Waals surface area contributed by atoms with Crippen LogP contribution in [0.1, 0.15) is 5.56 Å². The molecule has 0 saturated heterocycles. The average Bonchev–Trinajstić information content (AvgIpc) is 2.50. The summed E-state index contributed by atoms with van der Waals surface area (Å²) in [7, 11) is -4.44. The maximum Gasteiger partial charge on any atom is 0.428 e. The molecule has 0 saturated carbocycles. The van der Waals surface area contributed by atoms with Crippen LogP contribution in [-0.4, -0.2) is 14.6 Å². The number of nitrogens with two attached hydrogens (primary N) is 1. The highest BCUT2D eigenvalue weighted by molar-refractivity contribution is 7.90. The van der Waals surface area contributed by atoms with Crippen LogP contribution in [-0.2, 0) is 19.9 Å². The van der Waals surface area contributed by atoms with Crippen LogP contribution < -0.4 is 5.73 Å². The number of hydrogen-bond acceptors (Lipinski definition) is 4. The van der Waals surface area contributed by atoms with Crippen molar-refractivity contribution in [3.8, 4) is 0 Å². The summed E-state index contributed by atoms with van der Waals surface area (Å²) in [6.45, 7) is 0. The Morgan fingerprint density at radius 2 is 1.72 bits per heavy atom. The van der Waals surface area contributed by atoms with Crippen LogP contribution in [0.15, 0.2) is 41.4 Å². The summed E-state index contributed by atoms with van der Waals surface area (Å²) in [5, 5.41) is 0.285. The van der Waals surface area contributed by atoms with E-state index in [1.54, 1.807) is 0 Å². The van der Waals surface area contributed by atoms with E-state index in [9.17, 15) is 21.6 Å². The molecule has 4 nitrogen and oxygen atoms in total. The Morgan fingerprint density at radius 1 is 1.17 bits per heavy atom. The van der Waals surface area contributed by atoms with Crippen LogP contribution in [0.3, 0.4) is 0 Å². The molecule has 1 aliphatic heterocycles. The van der Waals surface area contributed by atoms with Crippen LogP contribution in [0, 0.1) is 0 Å². The highest BCUT2D eigenvalue weighted by Crippen LogP contribution is 2.50. The predicted octanol–water partition coefficient (Wildman–Crippen LogP) is 1.60. The van der Waals surface area contributed by atoms with E-state index in [1.165, 1.54) is 18.2 Å². The zero-order chi connectivity index (χ0) is 13.6. The lowest BCUT2D eigenvalue weighted by atomic mass is 9.90. The van der Waals surface area contributed by atoms with Crippen molar-refractivity contribution in [1.29, 1.82) is 0 Å². The molecule has 8 heteroatoms. The summed E-state index contributed by atoms with van der Waals surface area (Å²) in [6.07, 6.45) is -4.99. The Kier molecular flexibility index (Phi) is 2.67. The Bertz CT molecular complexity index is 595. The van der Waals surface area contributed by atoms with E-state index in [4.69, 9.17) is 5.73 Å². The molecule has 98 valence electrons. The van der Waals surface area contributed by atoms with Gasteiger partial charge in [-0.2, -0.15) is 21.6 Å². The molecule has 0 bridgehead atoms. The monoisotopic (exact) mass is 279 g/mol. The molecular weight excluding hydrogens is 271 g/mol. The highest BCUT2D eigenvalue weighted by Gasteiger charge is 2.64. The van der Waals surface area contributed by atoms with Crippen LogP contribution in [0.2, 0.25) is 0 Å². The molecular formula is C10H8F3NO3S. The van der Waals surface area contributed by atoms with Gasteiger partial charge in [-0.1, -0.05) is 30.3 Å². The molecule has 0 aliphatic carbocycles. The van der Waals surface area contributed by atoms with Crippen molar-refractivity contribution in [1.82, 2.24) is 0 Å². The summed E-state index contributed by atoms with van der Waals surface area (Å²) >= 11 is 0. The van der Waals surface area contributed by atoms with Crippen LogP contribution in [0.4, 0.5) is 13.2 Å². The summed E-state index contributed by atoms with van der Waals surface area (Å²) in [6, 6.07) is 6.38. The minimum Gasteiger partial charge on any atom is -0.398 e. The first-order valence-corrected chi connectivity index (χ1v) is 6.22. The largest absolute Gasteiger partial charge is 0.428 e. The van der Waals surface area contributed by atoms with Crippen molar-refractivity contribution in [3.05, 3.63) is 47.0 Å². The quantitative estimate of drug-likeness (QED) is 0.793. The first kappa shape index (κ1) is 12.9. The lowest BCUT2D eigenvalue weighted by molar-refractivity contribution is -0.235. The molecule has 1 aromatic carbocycles. The van der Waals surface area contributed by atoms with Gasteiger partial charge in [0, 0.05) is 5.56 Å². The lowest BCUT2D eigenvalue weighted by Crippen LogP contribution is -2.46. The van der Waals surface area contributed by atoms with Crippen LogP contribution in [0.5, 0.6) is 0 Å². The van der Waals surface area contributed by atoms with Crippen molar-refractivity contribution in [2.45, 2.75) is 11.8 Å². The van der Waals surface area contributed by atoms with Gasteiger partial charge in [0.1, 0.15) is 0 Å². The number of rotatable bonds is 1. The maximum atomic E-state index is 13.2. The zero-order valence-electron chi connectivity index (χ0n) is 8.81. The maximum absolute atomic E-state index is 13.2. The average molecular weight is 279 g/mol. The van der Waals surface area contributed by atoms with Crippen molar-refractivity contribution >= 4 is 10.1 Å². The molecule has 1 aromatic rings. The van der Waals surface area contributed by atoms with E-state index in [0.29, 0.717) is 0 Å². The fourth-order valence-corrected chi connectivity index (χ4v) is 2.91. The Hall–Kier alpha value is -1.54. The van der Waals surface area contributed by atoms with Crippen molar-refractivity contribution in [2.75, 3.05) is 0 Å². The molecule has 18 heavy (non-hydrogen) atoms. The predicted molar refractivity (Wildman–Crippen MR) is 56.5 cm³/mol. The van der Waals surface area contributed by atoms with Gasteiger partial charge in [-0.05, 0) is 0 Å². The molecule has 2 N–H and O–H groups in total. The Labute approximate surface area is 101 Å². The minimum atomic E-state index is -4.99. The number of benzene rings is 1. The summed E-state index contributed by atoms with van der Waals surface area (Å²) in [4.78, 5) is 0. The van der Waals surface area contributed by atoms with Crippen molar-refractivity contribution in [3.63, 3.8) is 0 Å². The van der Waals surface area contributed by atoms with Gasteiger partial charge in [0.25, 0.3) is 10.1 Å². The van der Waals surface area contributed by atoms with E-state index in [0.717, 1.165) is 12.1 Å². The topological polar surface area (TPSA) is 69.4 Å². The second-order valence-electron chi connectivity index (χ2n) is 3.69. The van der Waals surface area contributed by atoms with E-state index < -0.39 is 27.6 Å². The molecule has 2 rings (SSSR count). The second kappa shape index (κ2) is 3.72. The molecule has 1 atom stereocenters. The van der Waals surface area contributed by atoms with Gasteiger partial charge in [-0.15, -0.1) is 0 Å². The van der Waals surface area contributed by atoms with Gasteiger partial charge >= 0.3 is 6.18 Å². The fraction of sp³-hybridized carbons (Fsp3) is 0.200. The van der Waals surface area contributed by atoms with Crippen LogP contribution >= 0.6 is 0 Å². The normalized spacial score (nSPS) is 26.9. The van der Waals surface area contributed by atoms with Gasteiger partial charge < -0.3 is 5.73 Å². The summed E-state index contributed by atoms with van der Waals surface area (Å²) < 4.78 is 66.2. The van der Waals surface area contributed by atoms with E-state index >= 15 is 0 Å². The fourth-order valence-electron chi connectivity index (χ4n) is 1.75. The SMILES string of the molecule is NC1=CS(=O)(=O)OC1(c1ccccc1)C(F)(F)F. The minimum absolute atomic E-state index is 0.285. The van der Waals surface area contributed by atoms with Crippen LogP contribution in [0.25, 0.3) is 0 Å². The third-order valence-electron chi connectivity index (χ3n) is 2.50. The molecule has 0 amide bonds. The number of alkyl halides is 3. The molecule has 1 unspecified atom stereocenters. The molecule has 0 radical (unpaired) electrons. The molecule has 1 heterocycles. The summed E-state index contributed by atoms with van der Waals surface area (Å²) in [5.74, 6) is 0. The highest BCUT2D eigenvalue weighted by atomic mass is 32.2. The van der Waals surface area contributed by atoms with Gasteiger partial charge in [0.15, 0.2) is 0 Å². The van der Waals surface area contributed by atoms with E-state index in [-0.39, 0.29) is 11.0 Å². The first-order valence-electron chi connectivity index (χ1n) is 4.74. The Morgan fingerprint density at radius 3 is 2.11 bits per heavy atom. The van der Waals surface area contributed by atoms with Gasteiger partial charge in [-0.25, -0.2) is 4.18 Å². The molecule has 1 aliphatic rings. The van der Waals surface area contributed by atoms with E-state index in [2.05, 4.69) is 4.18 Å². The van der Waals surface area contributed by atoms with Gasteiger partial charge in [0.05, 0.1) is 11.1 Å². The summed E-state index contributed by atoms with van der Waals surface area (Å²) in [5.41, 5.74) is 0.829. The van der Waals surface area contributed by atoms with Crippen molar-refractivity contribution < 1.29 is 25.8 Å². The standard InChI is InChI=1S/C10H8F3NO3S/c11-10(12,13)9(7-4-2-1-3-5-7)8(14)6-18(15,16)17-9/h1-6H,14H2. The third-order valence-corrected chi connectivity index (χ3v) is 3.52. The zero-order valence-corrected chi connectivity index (χ0v) is 9.62. The first-order chi connectivity index (χ1) is 8.19. The molecule has 0 fully saturated rings. The molecule has 0 spiro atoms. The lowest BCUT2D eigenvalue weighted by Gasteiger charge is -2.30. The van der Waals surface area contributed by atoms with Gasteiger partial charge in [-0.3, -0.25) is 0 Å². The Balaban J connectivity index is 2.71. The third kappa shape index (κ3) is 1.77. The second-order valence-corrected chi connectivity index (χ2v) is 5.08. The number of hydrogen-bond donors (Lipinski definition) is 1. The number of halogens is 3.